The van der Waals surface area contributed by atoms with Crippen LogP contribution in [0.3, 0.4) is 0 Å². The zero-order valence-electron chi connectivity index (χ0n) is 11.7. The zero-order chi connectivity index (χ0) is 13.4. The van der Waals surface area contributed by atoms with Crippen LogP contribution in [-0.2, 0) is 0 Å². The third-order valence-corrected chi connectivity index (χ3v) is 4.75. The van der Waals surface area contributed by atoms with Crippen molar-refractivity contribution in [3.63, 3.8) is 0 Å². The van der Waals surface area contributed by atoms with Crippen molar-refractivity contribution in [3.05, 3.63) is 10.9 Å². The predicted octanol–water partition coefficient (Wildman–Crippen LogP) is 3.28. The minimum atomic E-state index is 0.725. The Bertz CT molecular complexity index is 584. The number of hydrogen-bond acceptors (Lipinski definition) is 5. The summed E-state index contributed by atoms with van der Waals surface area (Å²) in [7, 11) is 1.88. The standard InChI is InChI=1S/C14H20N4S/c1-9-4-6-18(7-5-9)12-11-8-10(2)19-13(11)17-14(15-3)16-12/h8-9H,4-7H2,1-3H3,(H,15,16,17). The zero-order valence-corrected chi connectivity index (χ0v) is 12.5. The molecule has 2 aromatic rings. The van der Waals surface area contributed by atoms with Gasteiger partial charge in [-0.15, -0.1) is 11.3 Å². The molecule has 1 aliphatic rings. The molecule has 0 aliphatic carbocycles. The summed E-state index contributed by atoms with van der Waals surface area (Å²) in [4.78, 5) is 14.0. The summed E-state index contributed by atoms with van der Waals surface area (Å²) in [6, 6.07) is 2.22. The van der Waals surface area contributed by atoms with Gasteiger partial charge in [0.2, 0.25) is 5.95 Å². The van der Waals surface area contributed by atoms with Crippen molar-refractivity contribution in [3.8, 4) is 0 Å². The van der Waals surface area contributed by atoms with E-state index < -0.39 is 0 Å². The molecule has 3 heterocycles. The van der Waals surface area contributed by atoms with Crippen LogP contribution in [0.15, 0.2) is 6.07 Å². The quantitative estimate of drug-likeness (QED) is 0.914. The fourth-order valence-electron chi connectivity index (χ4n) is 2.60. The third-order valence-electron chi connectivity index (χ3n) is 3.80. The van der Waals surface area contributed by atoms with Crippen LogP contribution in [0.1, 0.15) is 24.6 Å². The Hall–Kier alpha value is -1.36. The van der Waals surface area contributed by atoms with Crippen molar-refractivity contribution < 1.29 is 0 Å². The molecule has 1 saturated heterocycles. The lowest BCUT2D eigenvalue weighted by atomic mass is 9.99. The highest BCUT2D eigenvalue weighted by atomic mass is 32.1. The first-order valence-corrected chi connectivity index (χ1v) is 7.70. The van der Waals surface area contributed by atoms with E-state index in [-0.39, 0.29) is 0 Å². The Labute approximate surface area is 117 Å². The molecule has 0 atom stereocenters. The molecule has 0 aromatic carbocycles. The number of rotatable bonds is 2. The highest BCUT2D eigenvalue weighted by Gasteiger charge is 2.20. The maximum Gasteiger partial charge on any atom is 0.225 e. The smallest absolute Gasteiger partial charge is 0.225 e. The summed E-state index contributed by atoms with van der Waals surface area (Å²) in [6.45, 7) is 6.67. The fraction of sp³-hybridized carbons (Fsp3) is 0.571. The van der Waals surface area contributed by atoms with Gasteiger partial charge in [-0.05, 0) is 31.7 Å². The molecule has 0 saturated carbocycles. The van der Waals surface area contributed by atoms with Crippen LogP contribution in [0.2, 0.25) is 0 Å². The molecule has 102 valence electrons. The fourth-order valence-corrected chi connectivity index (χ4v) is 3.47. The number of nitrogens with zero attached hydrogens (tertiary/aromatic N) is 3. The van der Waals surface area contributed by atoms with Crippen molar-refractivity contribution in [1.82, 2.24) is 9.97 Å². The van der Waals surface area contributed by atoms with E-state index in [9.17, 15) is 0 Å². The number of aryl methyl sites for hydroxylation is 1. The lowest BCUT2D eigenvalue weighted by molar-refractivity contribution is 0.437. The normalized spacial score (nSPS) is 17.1. The van der Waals surface area contributed by atoms with Crippen molar-refractivity contribution in [2.45, 2.75) is 26.7 Å². The van der Waals surface area contributed by atoms with Crippen molar-refractivity contribution in [1.29, 1.82) is 0 Å². The molecule has 5 heteroatoms. The molecule has 0 unspecified atom stereocenters. The van der Waals surface area contributed by atoms with Crippen LogP contribution < -0.4 is 10.2 Å². The van der Waals surface area contributed by atoms with E-state index >= 15 is 0 Å². The van der Waals surface area contributed by atoms with E-state index in [0.717, 1.165) is 35.6 Å². The van der Waals surface area contributed by atoms with Gasteiger partial charge in [0.15, 0.2) is 0 Å². The molecule has 4 nitrogen and oxygen atoms in total. The first kappa shape index (κ1) is 12.7. The Morgan fingerprint density at radius 3 is 2.74 bits per heavy atom. The lowest BCUT2D eigenvalue weighted by Gasteiger charge is -2.31. The predicted molar refractivity (Wildman–Crippen MR) is 82.3 cm³/mol. The van der Waals surface area contributed by atoms with Crippen LogP contribution >= 0.6 is 11.3 Å². The molecular weight excluding hydrogens is 256 g/mol. The maximum absolute atomic E-state index is 4.69. The monoisotopic (exact) mass is 276 g/mol. The van der Waals surface area contributed by atoms with E-state index in [1.54, 1.807) is 11.3 Å². The molecule has 19 heavy (non-hydrogen) atoms. The number of piperidine rings is 1. The van der Waals surface area contributed by atoms with Gasteiger partial charge in [-0.1, -0.05) is 6.92 Å². The van der Waals surface area contributed by atoms with Gasteiger partial charge in [-0.3, -0.25) is 0 Å². The van der Waals surface area contributed by atoms with Gasteiger partial charge in [-0.25, -0.2) is 4.98 Å². The van der Waals surface area contributed by atoms with Crippen molar-refractivity contribution in [2.24, 2.45) is 5.92 Å². The number of thiophene rings is 1. The number of nitrogens with one attached hydrogen (secondary N) is 1. The van der Waals surface area contributed by atoms with Gasteiger partial charge >= 0.3 is 0 Å². The van der Waals surface area contributed by atoms with E-state index in [1.807, 2.05) is 7.05 Å². The lowest BCUT2D eigenvalue weighted by Crippen LogP contribution is -2.33. The van der Waals surface area contributed by atoms with Crippen molar-refractivity contribution in [2.75, 3.05) is 30.4 Å². The molecule has 1 N–H and O–H groups in total. The van der Waals surface area contributed by atoms with Gasteiger partial charge in [-0.2, -0.15) is 4.98 Å². The summed E-state index contributed by atoms with van der Waals surface area (Å²) in [6.07, 6.45) is 2.51. The highest BCUT2D eigenvalue weighted by molar-refractivity contribution is 7.18. The second kappa shape index (κ2) is 4.96. The summed E-state index contributed by atoms with van der Waals surface area (Å²) in [5, 5.41) is 4.28. The maximum atomic E-state index is 4.69. The van der Waals surface area contributed by atoms with Gasteiger partial charge in [0.25, 0.3) is 0 Å². The summed E-state index contributed by atoms with van der Waals surface area (Å²) >= 11 is 1.74. The second-order valence-corrected chi connectivity index (χ2v) is 6.60. The first-order chi connectivity index (χ1) is 9.17. The van der Waals surface area contributed by atoms with Crippen LogP contribution in [0.25, 0.3) is 10.2 Å². The van der Waals surface area contributed by atoms with E-state index in [4.69, 9.17) is 4.98 Å². The number of fused-ring (bicyclic) bond motifs is 1. The Morgan fingerprint density at radius 2 is 2.05 bits per heavy atom. The molecule has 0 bridgehead atoms. The van der Waals surface area contributed by atoms with E-state index in [1.165, 1.54) is 23.1 Å². The molecular formula is C14H20N4S. The summed E-state index contributed by atoms with van der Waals surface area (Å²) in [5.74, 6) is 2.66. The molecule has 1 fully saturated rings. The molecule has 0 amide bonds. The van der Waals surface area contributed by atoms with Gasteiger partial charge in [0.1, 0.15) is 10.6 Å². The van der Waals surface area contributed by atoms with Crippen LogP contribution in [0.4, 0.5) is 11.8 Å². The molecule has 2 aromatic heterocycles. The largest absolute Gasteiger partial charge is 0.357 e. The molecule has 0 spiro atoms. The summed E-state index contributed by atoms with van der Waals surface area (Å²) < 4.78 is 0. The van der Waals surface area contributed by atoms with Gasteiger partial charge in [0, 0.05) is 25.0 Å². The van der Waals surface area contributed by atoms with Gasteiger partial charge < -0.3 is 10.2 Å². The molecule has 3 rings (SSSR count). The average molecular weight is 276 g/mol. The summed E-state index contributed by atoms with van der Waals surface area (Å²) in [5.41, 5.74) is 0. The van der Waals surface area contributed by atoms with Crippen molar-refractivity contribution >= 4 is 33.3 Å². The van der Waals surface area contributed by atoms with E-state index in [2.05, 4.69) is 35.1 Å². The number of aromatic nitrogens is 2. The van der Waals surface area contributed by atoms with Crippen LogP contribution in [0.5, 0.6) is 0 Å². The van der Waals surface area contributed by atoms with Crippen LogP contribution in [-0.4, -0.2) is 30.1 Å². The van der Waals surface area contributed by atoms with Gasteiger partial charge in [0.05, 0.1) is 5.39 Å². The molecule has 1 aliphatic heterocycles. The topological polar surface area (TPSA) is 41.1 Å². The van der Waals surface area contributed by atoms with E-state index in [0.29, 0.717) is 0 Å². The number of anilines is 2. The minimum absolute atomic E-state index is 0.725. The number of hydrogen-bond donors (Lipinski definition) is 1. The highest BCUT2D eigenvalue weighted by Crippen LogP contribution is 2.33. The Kier molecular flexibility index (Phi) is 3.31. The third kappa shape index (κ3) is 2.39. The van der Waals surface area contributed by atoms with Crippen LogP contribution in [0, 0.1) is 12.8 Å². The first-order valence-electron chi connectivity index (χ1n) is 6.88. The SMILES string of the molecule is CNc1nc(N2CCC(C)CC2)c2cc(C)sc2n1. The second-order valence-electron chi connectivity index (χ2n) is 5.37. The average Bonchev–Trinajstić information content (AvgIpc) is 2.78. The minimum Gasteiger partial charge on any atom is -0.357 e. The Morgan fingerprint density at radius 1 is 1.32 bits per heavy atom. The molecule has 0 radical (unpaired) electrons. The Balaban J connectivity index is 2.05.